The monoisotopic (exact) mass is 332 g/mol. The molecule has 0 radical (unpaired) electrons. The molecule has 8 heteroatoms. The van der Waals surface area contributed by atoms with Gasteiger partial charge in [-0.2, -0.15) is 4.31 Å². The molecule has 1 aromatic rings. The van der Waals surface area contributed by atoms with Gasteiger partial charge in [-0.15, -0.1) is 0 Å². The lowest BCUT2D eigenvalue weighted by molar-refractivity contribution is 0.168. The van der Waals surface area contributed by atoms with Gasteiger partial charge in [-0.1, -0.05) is 24.4 Å². The highest BCUT2D eigenvalue weighted by Gasteiger charge is 2.23. The second-order valence-corrected chi connectivity index (χ2v) is 6.87. The van der Waals surface area contributed by atoms with E-state index in [1.165, 1.54) is 23.5 Å². The summed E-state index contributed by atoms with van der Waals surface area (Å²) in [5.74, 6) is 0. The van der Waals surface area contributed by atoms with Gasteiger partial charge in [0.15, 0.2) is 0 Å². The molecule has 0 amide bonds. The van der Waals surface area contributed by atoms with E-state index in [0.29, 0.717) is 11.4 Å². The molecule has 0 unspecified atom stereocenters. The molecule has 0 saturated heterocycles. The first-order valence-corrected chi connectivity index (χ1v) is 8.24. The molecule has 1 rings (SSSR count). The van der Waals surface area contributed by atoms with Crippen LogP contribution in [0.5, 0.6) is 0 Å². The van der Waals surface area contributed by atoms with Gasteiger partial charge in [-0.3, -0.25) is 0 Å². The van der Waals surface area contributed by atoms with Crippen LogP contribution >= 0.6 is 12.2 Å². The zero-order chi connectivity index (χ0) is 15.9. The molecule has 3 N–H and O–H groups in total. The third-order valence-corrected chi connectivity index (χ3v) is 4.89. The quantitative estimate of drug-likeness (QED) is 0.625. The average Bonchev–Trinajstić information content (AvgIpc) is 2.43. The molecule has 0 aromatic heterocycles. The Morgan fingerprint density at radius 3 is 2.43 bits per heavy atom. The molecule has 0 aliphatic heterocycles. The number of rotatable bonds is 9. The second-order valence-electron chi connectivity index (χ2n) is 4.41. The molecule has 1 aromatic carbocycles. The number of thiocarbonyl (C=S) groups is 1. The van der Waals surface area contributed by atoms with E-state index in [4.69, 9.17) is 27.8 Å². The number of aliphatic hydroxyl groups excluding tert-OH is 1. The minimum atomic E-state index is -3.65. The Morgan fingerprint density at radius 1 is 1.33 bits per heavy atom. The number of hydrogen-bond acceptors (Lipinski definition) is 5. The first-order chi connectivity index (χ1) is 9.91. The van der Waals surface area contributed by atoms with Crippen LogP contribution in [0.2, 0.25) is 0 Å². The summed E-state index contributed by atoms with van der Waals surface area (Å²) < 4.78 is 31.0. The van der Waals surface area contributed by atoms with Crippen molar-refractivity contribution in [2.45, 2.75) is 11.3 Å². The van der Waals surface area contributed by atoms with Gasteiger partial charge in [-0.05, 0) is 17.7 Å². The maximum atomic E-state index is 12.5. The second kappa shape index (κ2) is 8.40. The average molecular weight is 332 g/mol. The molecule has 0 bridgehead atoms. The Bertz CT molecular complexity index is 558. The molecule has 21 heavy (non-hydrogen) atoms. The maximum Gasteiger partial charge on any atom is 0.243 e. The van der Waals surface area contributed by atoms with Gasteiger partial charge in [0.1, 0.15) is 0 Å². The van der Waals surface area contributed by atoms with E-state index in [-0.39, 0.29) is 31.2 Å². The molecule has 0 heterocycles. The van der Waals surface area contributed by atoms with E-state index in [1.54, 1.807) is 12.1 Å². The van der Waals surface area contributed by atoms with E-state index in [9.17, 15) is 8.42 Å². The molecule has 0 saturated carbocycles. The van der Waals surface area contributed by atoms with Gasteiger partial charge in [0, 0.05) is 26.6 Å². The fourth-order valence-electron chi connectivity index (χ4n) is 1.79. The number of benzene rings is 1. The fourth-order valence-corrected chi connectivity index (χ4v) is 3.37. The van der Waals surface area contributed by atoms with Crippen LogP contribution < -0.4 is 5.73 Å². The van der Waals surface area contributed by atoms with E-state index in [0.717, 1.165) is 5.56 Å². The molecule has 0 fully saturated rings. The van der Waals surface area contributed by atoms with Gasteiger partial charge < -0.3 is 15.6 Å². The number of methoxy groups -OCH3 is 1. The van der Waals surface area contributed by atoms with Crippen LogP contribution in [0.15, 0.2) is 29.2 Å². The Labute approximate surface area is 130 Å². The zero-order valence-electron chi connectivity index (χ0n) is 11.9. The van der Waals surface area contributed by atoms with Crippen LogP contribution in [0.25, 0.3) is 0 Å². The van der Waals surface area contributed by atoms with Gasteiger partial charge >= 0.3 is 0 Å². The Balaban J connectivity index is 2.95. The Morgan fingerprint density at radius 2 is 1.95 bits per heavy atom. The summed E-state index contributed by atoms with van der Waals surface area (Å²) in [6.07, 6.45) is 0.430. The summed E-state index contributed by atoms with van der Waals surface area (Å²) >= 11 is 4.82. The number of sulfonamides is 1. The number of nitrogens with two attached hydrogens (primary N) is 1. The first-order valence-electron chi connectivity index (χ1n) is 6.39. The van der Waals surface area contributed by atoms with Crippen molar-refractivity contribution in [1.29, 1.82) is 0 Å². The van der Waals surface area contributed by atoms with Crippen LogP contribution in [-0.4, -0.2) is 56.2 Å². The first kappa shape index (κ1) is 18.0. The molecular weight excluding hydrogens is 312 g/mol. The van der Waals surface area contributed by atoms with E-state index in [1.807, 2.05) is 0 Å². The van der Waals surface area contributed by atoms with Gasteiger partial charge in [0.2, 0.25) is 10.0 Å². The van der Waals surface area contributed by atoms with Crippen molar-refractivity contribution >= 4 is 27.2 Å². The predicted molar refractivity (Wildman–Crippen MR) is 84.7 cm³/mol. The number of nitrogens with zero attached hydrogens (tertiary/aromatic N) is 1. The van der Waals surface area contributed by atoms with Gasteiger partial charge in [0.05, 0.1) is 23.1 Å². The van der Waals surface area contributed by atoms with Crippen LogP contribution in [-0.2, 0) is 21.2 Å². The van der Waals surface area contributed by atoms with E-state index in [2.05, 4.69) is 0 Å². The van der Waals surface area contributed by atoms with Crippen LogP contribution in [0.3, 0.4) is 0 Å². The van der Waals surface area contributed by atoms with Crippen molar-refractivity contribution in [2.24, 2.45) is 5.73 Å². The summed E-state index contributed by atoms with van der Waals surface area (Å²) in [5, 5.41) is 9.01. The number of ether oxygens (including phenoxy) is 1. The highest BCUT2D eigenvalue weighted by molar-refractivity contribution is 7.89. The minimum absolute atomic E-state index is 0.0281. The van der Waals surface area contributed by atoms with E-state index < -0.39 is 10.0 Å². The maximum absolute atomic E-state index is 12.5. The van der Waals surface area contributed by atoms with Crippen molar-refractivity contribution in [3.63, 3.8) is 0 Å². The molecular formula is C13H20N2O4S2. The largest absolute Gasteiger partial charge is 0.395 e. The predicted octanol–water partition coefficient (Wildman–Crippen LogP) is 0.145. The van der Waals surface area contributed by atoms with Crippen molar-refractivity contribution < 1.29 is 18.3 Å². The topological polar surface area (TPSA) is 92.9 Å². The third-order valence-electron chi connectivity index (χ3n) is 2.83. The third kappa shape index (κ3) is 5.33. The summed E-state index contributed by atoms with van der Waals surface area (Å²) in [6, 6.07) is 6.39. The normalized spacial score (nSPS) is 11.8. The van der Waals surface area contributed by atoms with Gasteiger partial charge in [-0.25, -0.2) is 8.42 Å². The number of aliphatic hydroxyl groups is 1. The summed E-state index contributed by atoms with van der Waals surface area (Å²) in [6.45, 7) is 0.232. The van der Waals surface area contributed by atoms with Crippen molar-refractivity contribution in [2.75, 3.05) is 33.4 Å². The number of hydrogen-bond donors (Lipinski definition) is 2. The lowest BCUT2D eigenvalue weighted by atomic mass is 10.1. The summed E-state index contributed by atoms with van der Waals surface area (Å²) in [5.41, 5.74) is 6.31. The van der Waals surface area contributed by atoms with Crippen LogP contribution in [0.1, 0.15) is 5.56 Å². The SMILES string of the molecule is COCCN(CCO)S(=O)(=O)c1ccc(CC(N)=S)cc1. The Kier molecular flexibility index (Phi) is 7.20. The fraction of sp³-hybridized carbons (Fsp3) is 0.462. The minimum Gasteiger partial charge on any atom is -0.395 e. The van der Waals surface area contributed by atoms with Crippen molar-refractivity contribution in [3.05, 3.63) is 29.8 Å². The highest BCUT2D eigenvalue weighted by Crippen LogP contribution is 2.16. The van der Waals surface area contributed by atoms with Gasteiger partial charge in [0.25, 0.3) is 0 Å². The molecule has 0 aliphatic rings. The Hall–Kier alpha value is -1.06. The highest BCUT2D eigenvalue weighted by atomic mass is 32.2. The lowest BCUT2D eigenvalue weighted by Gasteiger charge is -2.21. The standard InChI is InChI=1S/C13H20N2O4S2/c1-19-9-7-15(6-8-16)21(17,18)12-4-2-11(3-5-12)10-13(14)20/h2-5,16H,6-10H2,1H3,(H2,14,20). The van der Waals surface area contributed by atoms with Crippen molar-refractivity contribution in [1.82, 2.24) is 4.31 Å². The van der Waals surface area contributed by atoms with Crippen LogP contribution in [0, 0.1) is 0 Å². The molecule has 0 atom stereocenters. The summed E-state index contributed by atoms with van der Waals surface area (Å²) in [4.78, 5) is 0.520. The molecule has 0 spiro atoms. The van der Waals surface area contributed by atoms with Crippen LogP contribution in [0.4, 0.5) is 0 Å². The molecule has 0 aliphatic carbocycles. The molecule has 6 nitrogen and oxygen atoms in total. The lowest BCUT2D eigenvalue weighted by Crippen LogP contribution is -2.36. The zero-order valence-corrected chi connectivity index (χ0v) is 13.5. The summed E-state index contributed by atoms with van der Waals surface area (Å²) in [7, 11) is -2.16. The molecule has 118 valence electrons. The van der Waals surface area contributed by atoms with E-state index >= 15 is 0 Å². The smallest absolute Gasteiger partial charge is 0.243 e. The van der Waals surface area contributed by atoms with Crippen molar-refractivity contribution in [3.8, 4) is 0 Å².